The maximum absolute atomic E-state index is 14.0. The molecular weight excluding hydrogens is 681 g/mol. The number of esters is 1. The van der Waals surface area contributed by atoms with Crippen LogP contribution in [0.3, 0.4) is 0 Å². The number of aromatic nitrogens is 1. The van der Waals surface area contributed by atoms with Crippen molar-refractivity contribution in [2.45, 2.75) is 94.9 Å². The van der Waals surface area contributed by atoms with Crippen molar-refractivity contribution >= 4 is 22.8 Å². The number of fused-ring (bicyclic) bond motifs is 5. The molecule has 1 amide bonds. The van der Waals surface area contributed by atoms with Gasteiger partial charge in [-0.05, 0) is 110 Å². The van der Waals surface area contributed by atoms with E-state index in [9.17, 15) is 24.6 Å². The van der Waals surface area contributed by atoms with E-state index in [1.54, 1.807) is 12.1 Å². The normalized spacial score (nSPS) is 22.4. The number of rotatable bonds is 13. The Morgan fingerprint density at radius 2 is 1.80 bits per heavy atom. The van der Waals surface area contributed by atoms with Crippen LogP contribution in [0.4, 0.5) is 0 Å². The summed E-state index contributed by atoms with van der Waals surface area (Å²) in [5.41, 5.74) is 5.19. The minimum absolute atomic E-state index is 0.0101. The number of aromatic hydroxyl groups is 1. The highest BCUT2D eigenvalue weighted by atomic mass is 16.5. The molecule has 3 saturated heterocycles. The fourth-order valence-corrected chi connectivity index (χ4v) is 9.45. The number of nitrogens with one attached hydrogen (secondary N) is 2. The second-order valence-corrected chi connectivity index (χ2v) is 16.0. The van der Waals surface area contributed by atoms with Crippen LogP contribution in [-0.2, 0) is 34.5 Å². The van der Waals surface area contributed by atoms with Crippen molar-refractivity contribution < 1.29 is 24.5 Å². The number of ether oxygens (including phenoxy) is 1. The summed E-state index contributed by atoms with van der Waals surface area (Å²) in [4.78, 5) is 46.1. The van der Waals surface area contributed by atoms with E-state index in [1.807, 2.05) is 17.0 Å². The molecule has 0 spiro atoms. The highest BCUT2D eigenvalue weighted by Gasteiger charge is 2.46. The van der Waals surface area contributed by atoms with Crippen molar-refractivity contribution in [3.05, 3.63) is 110 Å². The van der Waals surface area contributed by atoms with Crippen LogP contribution in [0.5, 0.6) is 5.75 Å². The number of aliphatic hydroxyl groups is 1. The van der Waals surface area contributed by atoms with E-state index in [-0.39, 0.29) is 35.8 Å². The van der Waals surface area contributed by atoms with Crippen LogP contribution in [0.1, 0.15) is 102 Å². The van der Waals surface area contributed by atoms with E-state index < -0.39 is 11.5 Å². The van der Waals surface area contributed by atoms with Gasteiger partial charge in [0.2, 0.25) is 5.56 Å². The number of hydrogen-bond acceptors (Lipinski definition) is 8. The van der Waals surface area contributed by atoms with Gasteiger partial charge in [0.15, 0.2) is 0 Å². The first-order valence-electron chi connectivity index (χ1n) is 19.9. The van der Waals surface area contributed by atoms with E-state index in [0.29, 0.717) is 42.0 Å². The lowest BCUT2D eigenvalue weighted by Gasteiger charge is -2.45. The summed E-state index contributed by atoms with van der Waals surface area (Å²) >= 11 is 0. The third-order valence-corrected chi connectivity index (χ3v) is 12.6. The first-order valence-corrected chi connectivity index (χ1v) is 19.9. The topological polar surface area (TPSA) is 135 Å². The Morgan fingerprint density at radius 1 is 0.963 bits per heavy atom. The van der Waals surface area contributed by atoms with E-state index in [4.69, 9.17) is 4.74 Å². The Hall–Kier alpha value is -4.51. The molecule has 4 aromatic rings. The Morgan fingerprint density at radius 3 is 2.59 bits per heavy atom. The number of nitrogens with zero attached hydrogens (tertiary/aromatic N) is 2. The molecule has 4 aliphatic heterocycles. The number of hydrogen-bond donors (Lipinski definition) is 4. The van der Waals surface area contributed by atoms with Gasteiger partial charge in [-0.2, -0.15) is 0 Å². The second kappa shape index (κ2) is 15.7. The van der Waals surface area contributed by atoms with Crippen LogP contribution >= 0.6 is 0 Å². The zero-order valence-electron chi connectivity index (χ0n) is 31.0. The molecule has 2 bridgehead atoms. The maximum Gasteiger partial charge on any atom is 0.316 e. The number of amides is 1. The molecule has 4 N–H and O–H groups in total. The molecule has 54 heavy (non-hydrogen) atoms. The van der Waals surface area contributed by atoms with E-state index >= 15 is 0 Å². The number of aliphatic hydroxyl groups excluding tert-OH is 1. The SMILES string of the molecule is O=C1c2ccc(CNCC(O)c3ccc(O)c4[nH]c(=O)ccc34)cc2CN1CCCCc1cccc(C2(C(=O)O[C@H]3CN4CCC3CC4)CCCCC2)c1. The average molecular weight is 733 g/mol. The van der Waals surface area contributed by atoms with Crippen molar-refractivity contribution in [2.24, 2.45) is 5.92 Å². The Labute approximate surface area is 316 Å². The molecule has 5 heterocycles. The molecule has 9 rings (SSSR count). The number of aromatic amines is 1. The molecular formula is C44H52N4O6. The zero-order valence-corrected chi connectivity index (χ0v) is 31.0. The quantitative estimate of drug-likeness (QED) is 0.0991. The lowest BCUT2D eigenvalue weighted by molar-refractivity contribution is -0.167. The minimum atomic E-state index is -0.849. The number of aryl methyl sites for hydroxylation is 1. The number of benzene rings is 3. The third kappa shape index (κ3) is 7.44. The van der Waals surface area contributed by atoms with Gasteiger partial charge in [0.05, 0.1) is 17.0 Å². The second-order valence-electron chi connectivity index (χ2n) is 16.0. The molecule has 4 fully saturated rings. The average Bonchev–Trinajstić information content (AvgIpc) is 3.51. The van der Waals surface area contributed by atoms with Crippen molar-refractivity contribution in [1.29, 1.82) is 0 Å². The monoisotopic (exact) mass is 732 g/mol. The predicted molar refractivity (Wildman–Crippen MR) is 207 cm³/mol. The number of unbranched alkanes of at least 4 members (excludes halogenated alkanes) is 1. The van der Waals surface area contributed by atoms with Gasteiger partial charge in [0.1, 0.15) is 11.9 Å². The van der Waals surface area contributed by atoms with E-state index in [1.165, 1.54) is 24.1 Å². The van der Waals surface area contributed by atoms with Gasteiger partial charge in [0, 0.05) is 49.7 Å². The Balaban J connectivity index is 0.829. The van der Waals surface area contributed by atoms with Crippen molar-refractivity contribution in [1.82, 2.24) is 20.1 Å². The van der Waals surface area contributed by atoms with Gasteiger partial charge in [-0.3, -0.25) is 19.3 Å². The molecule has 1 aromatic heterocycles. The standard InChI is InChI=1S/C44H52N4O6/c49-37-14-12-35(36-13-15-40(51)46-41(36)37)38(50)26-45-25-30-10-11-34-32(23-30)27-48(42(34)52)20-5-2-7-29-8-6-9-33(24-29)44(18-3-1-4-19-44)43(53)54-39-28-47-21-16-31(39)17-22-47/h6,8-15,23-24,31,38-39,45,49-50H,1-5,7,16-22,25-28H2,(H,46,51)/t38?,39-/m0/s1. The smallest absolute Gasteiger partial charge is 0.316 e. The van der Waals surface area contributed by atoms with Crippen LogP contribution in [0.2, 0.25) is 0 Å². The van der Waals surface area contributed by atoms with Gasteiger partial charge in [-0.25, -0.2) is 0 Å². The molecule has 284 valence electrons. The number of carbonyl (C=O) groups is 2. The largest absolute Gasteiger partial charge is 0.506 e. The fourth-order valence-electron chi connectivity index (χ4n) is 9.45. The molecule has 3 aromatic carbocycles. The molecule has 0 radical (unpaired) electrons. The van der Waals surface area contributed by atoms with Crippen molar-refractivity contribution in [3.63, 3.8) is 0 Å². The van der Waals surface area contributed by atoms with Crippen LogP contribution in [-0.4, -0.2) is 75.7 Å². The number of phenols is 1. The number of phenolic OH excluding ortho intramolecular Hbond substituents is 1. The highest BCUT2D eigenvalue weighted by Crippen LogP contribution is 2.42. The molecule has 1 unspecified atom stereocenters. The summed E-state index contributed by atoms with van der Waals surface area (Å²) in [6.07, 6.45) is 9.16. The molecule has 5 aliphatic rings. The Kier molecular flexibility index (Phi) is 10.6. The van der Waals surface area contributed by atoms with Crippen molar-refractivity contribution in [3.8, 4) is 5.75 Å². The van der Waals surface area contributed by atoms with E-state index in [2.05, 4.69) is 45.5 Å². The molecule has 1 saturated carbocycles. The summed E-state index contributed by atoms with van der Waals surface area (Å²) < 4.78 is 6.38. The Bertz CT molecular complexity index is 2060. The zero-order chi connectivity index (χ0) is 37.2. The maximum atomic E-state index is 14.0. The van der Waals surface area contributed by atoms with Crippen molar-refractivity contribution in [2.75, 3.05) is 32.7 Å². The lowest BCUT2D eigenvalue weighted by Crippen LogP contribution is -2.53. The van der Waals surface area contributed by atoms with Crippen LogP contribution in [0, 0.1) is 5.92 Å². The summed E-state index contributed by atoms with van der Waals surface area (Å²) in [7, 11) is 0. The first-order chi connectivity index (χ1) is 26.3. The molecule has 1 aliphatic carbocycles. The van der Waals surface area contributed by atoms with Gasteiger partial charge < -0.3 is 30.2 Å². The molecule has 10 heteroatoms. The van der Waals surface area contributed by atoms with Crippen LogP contribution in [0.15, 0.2) is 71.5 Å². The van der Waals surface area contributed by atoms with Crippen LogP contribution < -0.4 is 10.9 Å². The minimum Gasteiger partial charge on any atom is -0.506 e. The van der Waals surface area contributed by atoms with Gasteiger partial charge in [0.25, 0.3) is 5.91 Å². The summed E-state index contributed by atoms with van der Waals surface area (Å²) in [5.74, 6) is 0.520. The predicted octanol–water partition coefficient (Wildman–Crippen LogP) is 5.87. The number of H-pyrrole nitrogens is 1. The van der Waals surface area contributed by atoms with Gasteiger partial charge in [-0.1, -0.05) is 61.7 Å². The molecule has 10 nitrogen and oxygen atoms in total. The summed E-state index contributed by atoms with van der Waals surface area (Å²) in [6, 6.07) is 20.7. The van der Waals surface area contributed by atoms with Crippen LogP contribution in [0.25, 0.3) is 10.9 Å². The fraction of sp³-hybridized carbons (Fsp3) is 0.477. The number of pyridine rings is 1. The summed E-state index contributed by atoms with van der Waals surface area (Å²) in [5, 5.41) is 25.0. The summed E-state index contributed by atoms with van der Waals surface area (Å²) in [6.45, 7) is 5.21. The highest BCUT2D eigenvalue weighted by molar-refractivity contribution is 5.98. The third-order valence-electron chi connectivity index (χ3n) is 12.6. The number of piperidine rings is 3. The van der Waals surface area contributed by atoms with E-state index in [0.717, 1.165) is 99.7 Å². The number of carbonyl (C=O) groups excluding carboxylic acids is 2. The van der Waals surface area contributed by atoms with Gasteiger partial charge >= 0.3 is 5.97 Å². The molecule has 2 atom stereocenters. The van der Waals surface area contributed by atoms with Gasteiger partial charge in [-0.15, -0.1) is 0 Å². The first kappa shape index (κ1) is 36.5. The lowest BCUT2D eigenvalue weighted by atomic mass is 9.69.